The highest BCUT2D eigenvalue weighted by Crippen LogP contribution is 2.20. The molecule has 60 valence electrons. The van der Waals surface area contributed by atoms with Crippen LogP contribution in [0, 0.1) is 10.1 Å². The van der Waals surface area contributed by atoms with Crippen molar-refractivity contribution >= 4 is 21.7 Å². The van der Waals surface area contributed by atoms with Crippen LogP contribution in [0.1, 0.15) is 6.92 Å². The molecule has 0 spiro atoms. The molecule has 0 radical (unpaired) electrons. The van der Waals surface area contributed by atoms with Crippen LogP contribution in [0.5, 0.6) is 0 Å². The Kier molecular flexibility index (Phi) is 2.18. The van der Waals surface area contributed by atoms with Crippen LogP contribution in [0.2, 0.25) is 0 Å². The molecule has 0 aromatic carbocycles. The molecule has 1 aromatic heterocycles. The Balaban J connectivity index is 3.17. The monoisotopic (exact) mass is 220 g/mol. The van der Waals surface area contributed by atoms with Gasteiger partial charge in [0.15, 0.2) is 0 Å². The van der Waals surface area contributed by atoms with E-state index in [2.05, 4.69) is 26.2 Å². The van der Waals surface area contributed by atoms with Crippen LogP contribution in [-0.2, 0) is 6.54 Å². The third-order valence-corrected chi connectivity index (χ3v) is 1.66. The summed E-state index contributed by atoms with van der Waals surface area (Å²) in [5, 5.41) is 17.4. The lowest BCUT2D eigenvalue weighted by Gasteiger charge is -1.92. The first-order valence-corrected chi connectivity index (χ1v) is 3.69. The number of aromatic nitrogens is 3. The molecule has 0 amide bonds. The summed E-state index contributed by atoms with van der Waals surface area (Å²) >= 11 is 2.92. The first-order valence-electron chi connectivity index (χ1n) is 2.90. The second kappa shape index (κ2) is 2.95. The van der Waals surface area contributed by atoms with E-state index in [1.54, 1.807) is 6.92 Å². The highest BCUT2D eigenvalue weighted by atomic mass is 79.9. The summed E-state index contributed by atoms with van der Waals surface area (Å²) in [6, 6.07) is 0. The first kappa shape index (κ1) is 8.12. The van der Waals surface area contributed by atoms with E-state index >= 15 is 0 Å². The average Bonchev–Trinajstić information content (AvgIpc) is 2.30. The van der Waals surface area contributed by atoms with Gasteiger partial charge in [-0.05, 0) is 27.8 Å². The van der Waals surface area contributed by atoms with Crippen LogP contribution >= 0.6 is 15.9 Å². The Morgan fingerprint density at radius 1 is 1.82 bits per heavy atom. The van der Waals surface area contributed by atoms with Gasteiger partial charge in [0, 0.05) is 5.21 Å². The summed E-state index contributed by atoms with van der Waals surface area (Å²) in [5.41, 5.74) is 0. The maximum Gasteiger partial charge on any atom is 0.379 e. The maximum atomic E-state index is 10.3. The van der Waals surface area contributed by atoms with Crippen molar-refractivity contribution in [2.45, 2.75) is 13.5 Å². The number of nitro groups is 1. The standard InChI is InChI=1S/C4H5BrN4O2/c1-2-8-4(9(10)11)3(5)6-7-8/h2H2,1H3. The van der Waals surface area contributed by atoms with Gasteiger partial charge in [-0.1, -0.05) is 5.10 Å². The highest BCUT2D eigenvalue weighted by Gasteiger charge is 2.19. The van der Waals surface area contributed by atoms with Crippen LogP contribution in [0.3, 0.4) is 0 Å². The number of aryl methyl sites for hydroxylation is 1. The van der Waals surface area contributed by atoms with Gasteiger partial charge in [0.2, 0.25) is 4.60 Å². The molecule has 7 heteroatoms. The predicted molar refractivity (Wildman–Crippen MR) is 40.1 cm³/mol. The summed E-state index contributed by atoms with van der Waals surface area (Å²) < 4.78 is 1.38. The molecule has 0 aliphatic carbocycles. The minimum atomic E-state index is -0.520. The molecule has 0 aliphatic rings. The molecular formula is C4H5BrN4O2. The molecule has 1 aromatic rings. The molecule has 0 saturated heterocycles. The molecule has 0 atom stereocenters. The molecule has 0 unspecified atom stereocenters. The van der Waals surface area contributed by atoms with Crippen molar-refractivity contribution in [3.8, 4) is 0 Å². The Morgan fingerprint density at radius 3 is 2.82 bits per heavy atom. The number of hydrogen-bond acceptors (Lipinski definition) is 4. The lowest BCUT2D eigenvalue weighted by atomic mass is 10.7. The fourth-order valence-electron chi connectivity index (χ4n) is 0.669. The lowest BCUT2D eigenvalue weighted by molar-refractivity contribution is -0.393. The van der Waals surface area contributed by atoms with Crippen LogP contribution in [0.4, 0.5) is 5.82 Å². The summed E-state index contributed by atoms with van der Waals surface area (Å²) in [4.78, 5) is 9.82. The van der Waals surface area contributed by atoms with E-state index in [1.807, 2.05) is 0 Å². The third-order valence-electron chi connectivity index (χ3n) is 1.14. The minimum absolute atomic E-state index is 0.104. The van der Waals surface area contributed by atoms with Crippen molar-refractivity contribution in [1.82, 2.24) is 15.0 Å². The number of halogens is 1. The van der Waals surface area contributed by atoms with Gasteiger partial charge in [-0.2, -0.15) is 0 Å². The molecule has 11 heavy (non-hydrogen) atoms. The van der Waals surface area contributed by atoms with Crippen molar-refractivity contribution in [2.75, 3.05) is 0 Å². The SMILES string of the molecule is CCn1nnc(Br)c1[N+](=O)[O-]. The topological polar surface area (TPSA) is 73.8 Å². The normalized spacial score (nSPS) is 10.0. The van der Waals surface area contributed by atoms with Crippen LogP contribution in [-0.4, -0.2) is 19.9 Å². The Morgan fingerprint density at radius 2 is 2.45 bits per heavy atom. The van der Waals surface area contributed by atoms with Gasteiger partial charge >= 0.3 is 5.82 Å². The van der Waals surface area contributed by atoms with Crippen molar-refractivity contribution in [3.05, 3.63) is 14.7 Å². The summed E-state index contributed by atoms with van der Waals surface area (Å²) in [5.74, 6) is -0.104. The van der Waals surface area contributed by atoms with Crippen molar-refractivity contribution < 1.29 is 4.92 Å². The number of hydrogen-bond donors (Lipinski definition) is 0. The van der Waals surface area contributed by atoms with E-state index in [0.29, 0.717) is 6.54 Å². The molecule has 0 saturated carbocycles. The van der Waals surface area contributed by atoms with Crippen molar-refractivity contribution in [3.63, 3.8) is 0 Å². The summed E-state index contributed by atoms with van der Waals surface area (Å²) in [7, 11) is 0. The molecule has 0 bridgehead atoms. The summed E-state index contributed by atoms with van der Waals surface area (Å²) in [6.45, 7) is 2.20. The van der Waals surface area contributed by atoms with E-state index in [4.69, 9.17) is 0 Å². The van der Waals surface area contributed by atoms with E-state index in [0.717, 1.165) is 0 Å². The Labute approximate surface area is 70.5 Å². The Hall–Kier alpha value is -0.980. The van der Waals surface area contributed by atoms with Crippen LogP contribution in [0.15, 0.2) is 4.60 Å². The van der Waals surface area contributed by atoms with Crippen molar-refractivity contribution in [1.29, 1.82) is 0 Å². The van der Waals surface area contributed by atoms with Gasteiger partial charge in [0.05, 0.1) is 0 Å². The molecule has 0 N–H and O–H groups in total. The zero-order valence-electron chi connectivity index (χ0n) is 5.69. The molecule has 0 aliphatic heterocycles. The molecule has 6 nitrogen and oxygen atoms in total. The second-order valence-corrected chi connectivity index (χ2v) is 2.53. The largest absolute Gasteiger partial charge is 0.379 e. The zero-order valence-corrected chi connectivity index (χ0v) is 7.28. The van der Waals surface area contributed by atoms with Crippen molar-refractivity contribution in [2.24, 2.45) is 0 Å². The van der Waals surface area contributed by atoms with Gasteiger partial charge < -0.3 is 10.1 Å². The first-order chi connectivity index (χ1) is 5.16. The van der Waals surface area contributed by atoms with Gasteiger partial charge in [-0.3, -0.25) is 0 Å². The van der Waals surface area contributed by atoms with E-state index in [-0.39, 0.29) is 10.4 Å². The highest BCUT2D eigenvalue weighted by molar-refractivity contribution is 9.10. The number of nitrogens with zero attached hydrogens (tertiary/aromatic N) is 4. The Bertz CT molecular complexity index is 284. The zero-order chi connectivity index (χ0) is 8.43. The molecule has 1 heterocycles. The molecular weight excluding hydrogens is 216 g/mol. The van der Waals surface area contributed by atoms with E-state index in [1.165, 1.54) is 4.68 Å². The van der Waals surface area contributed by atoms with Gasteiger partial charge in [0.1, 0.15) is 6.54 Å². The van der Waals surface area contributed by atoms with Gasteiger partial charge in [-0.15, -0.1) is 4.68 Å². The fraction of sp³-hybridized carbons (Fsp3) is 0.500. The van der Waals surface area contributed by atoms with Crippen LogP contribution in [0.25, 0.3) is 0 Å². The predicted octanol–water partition coefficient (Wildman–Crippen LogP) is 0.969. The van der Waals surface area contributed by atoms with E-state index in [9.17, 15) is 10.1 Å². The quantitative estimate of drug-likeness (QED) is 0.550. The number of rotatable bonds is 2. The lowest BCUT2D eigenvalue weighted by Crippen LogP contribution is -2.02. The van der Waals surface area contributed by atoms with Crippen LogP contribution < -0.4 is 0 Å². The summed E-state index contributed by atoms with van der Waals surface area (Å²) in [6.07, 6.45) is 0. The van der Waals surface area contributed by atoms with E-state index < -0.39 is 4.92 Å². The smallest absolute Gasteiger partial charge is 0.358 e. The minimum Gasteiger partial charge on any atom is -0.358 e. The molecule has 0 fully saturated rings. The van der Waals surface area contributed by atoms with Gasteiger partial charge in [-0.25, -0.2) is 0 Å². The van der Waals surface area contributed by atoms with Gasteiger partial charge in [0.25, 0.3) is 0 Å². The molecule has 1 rings (SSSR count). The second-order valence-electron chi connectivity index (χ2n) is 1.78. The fourth-order valence-corrected chi connectivity index (χ4v) is 1.09. The third kappa shape index (κ3) is 1.37. The maximum absolute atomic E-state index is 10.3. The average molecular weight is 221 g/mol.